The molecular weight excluding hydrogens is 320 g/mol. The van der Waals surface area contributed by atoms with Crippen LogP contribution >= 0.6 is 0 Å². The maximum Gasteiger partial charge on any atom is 0.261 e. The quantitative estimate of drug-likeness (QED) is 0.832. The van der Waals surface area contributed by atoms with Crippen molar-refractivity contribution in [2.45, 2.75) is 37.6 Å². The molecule has 0 bridgehead atoms. The van der Waals surface area contributed by atoms with Crippen LogP contribution in [0.25, 0.3) is 0 Å². The number of carbonyl (C=O) groups excluding carboxylic acids is 1. The van der Waals surface area contributed by atoms with Gasteiger partial charge >= 0.3 is 0 Å². The van der Waals surface area contributed by atoms with Gasteiger partial charge in [0.2, 0.25) is 5.89 Å². The highest BCUT2D eigenvalue weighted by Gasteiger charge is 2.36. The van der Waals surface area contributed by atoms with Crippen molar-refractivity contribution in [3.05, 3.63) is 41.5 Å². The summed E-state index contributed by atoms with van der Waals surface area (Å²) < 4.78 is 10.9. The molecule has 25 heavy (non-hydrogen) atoms. The third-order valence-corrected chi connectivity index (χ3v) is 4.58. The van der Waals surface area contributed by atoms with Gasteiger partial charge < -0.3 is 14.2 Å². The van der Waals surface area contributed by atoms with Gasteiger partial charge in [-0.3, -0.25) is 4.79 Å². The largest absolute Gasteiger partial charge is 0.484 e. The normalized spacial score (nSPS) is 19.6. The van der Waals surface area contributed by atoms with E-state index in [0.717, 1.165) is 25.7 Å². The van der Waals surface area contributed by atoms with E-state index in [1.54, 1.807) is 29.2 Å². The number of benzene rings is 1. The van der Waals surface area contributed by atoms with E-state index >= 15 is 0 Å². The van der Waals surface area contributed by atoms with E-state index < -0.39 is 0 Å². The lowest BCUT2D eigenvalue weighted by molar-refractivity contribution is -0.134. The van der Waals surface area contributed by atoms with Gasteiger partial charge in [-0.1, -0.05) is 11.2 Å². The summed E-state index contributed by atoms with van der Waals surface area (Å²) in [5, 5.41) is 13.0. The van der Waals surface area contributed by atoms with E-state index in [1.807, 2.05) is 0 Å². The molecule has 4 rings (SSSR count). The van der Waals surface area contributed by atoms with Gasteiger partial charge in [-0.15, -0.1) is 0 Å². The Hall–Kier alpha value is -2.88. The Morgan fingerprint density at radius 1 is 1.40 bits per heavy atom. The van der Waals surface area contributed by atoms with Crippen molar-refractivity contribution < 1.29 is 14.1 Å². The first kappa shape index (κ1) is 15.6. The molecule has 0 radical (unpaired) electrons. The first-order valence-corrected chi connectivity index (χ1v) is 8.50. The van der Waals surface area contributed by atoms with Gasteiger partial charge in [0.1, 0.15) is 5.75 Å². The van der Waals surface area contributed by atoms with Crippen LogP contribution in [0.2, 0.25) is 0 Å². The number of nitrogens with zero attached hydrogens (tertiary/aromatic N) is 4. The molecule has 1 amide bonds. The maximum absolute atomic E-state index is 12.6. The Balaban J connectivity index is 1.40. The number of nitriles is 1. The zero-order valence-corrected chi connectivity index (χ0v) is 13.7. The van der Waals surface area contributed by atoms with Crippen molar-refractivity contribution in [3.8, 4) is 11.8 Å². The van der Waals surface area contributed by atoms with Crippen LogP contribution in [0.5, 0.6) is 5.75 Å². The molecule has 0 unspecified atom stereocenters. The van der Waals surface area contributed by atoms with Crippen LogP contribution < -0.4 is 4.74 Å². The molecule has 1 aromatic carbocycles. The highest BCUT2D eigenvalue weighted by molar-refractivity contribution is 5.78. The number of likely N-dealkylation sites (tertiary alicyclic amines) is 1. The fourth-order valence-corrected chi connectivity index (χ4v) is 3.10. The second-order valence-corrected chi connectivity index (χ2v) is 6.44. The Morgan fingerprint density at radius 3 is 3.08 bits per heavy atom. The summed E-state index contributed by atoms with van der Waals surface area (Å²) in [6.45, 7) is 0.594. The molecule has 0 spiro atoms. The summed E-state index contributed by atoms with van der Waals surface area (Å²) >= 11 is 0. The third-order valence-electron chi connectivity index (χ3n) is 4.58. The number of ether oxygens (including phenoxy) is 1. The first-order valence-electron chi connectivity index (χ1n) is 8.50. The van der Waals surface area contributed by atoms with Crippen molar-refractivity contribution >= 4 is 5.91 Å². The van der Waals surface area contributed by atoms with E-state index in [0.29, 0.717) is 35.5 Å². The molecule has 7 nitrogen and oxygen atoms in total. The standard InChI is InChI=1S/C18H18N4O3/c19-10-12-3-1-4-14(9-12)24-11-16(23)22-8-2-5-15(22)17-20-18(25-21-17)13-6-7-13/h1,3-4,9,13,15H,2,5-8,11H2/t15-/m1/s1. The van der Waals surface area contributed by atoms with E-state index in [1.165, 1.54) is 0 Å². The fourth-order valence-electron chi connectivity index (χ4n) is 3.10. The minimum Gasteiger partial charge on any atom is -0.484 e. The molecule has 1 aliphatic heterocycles. The summed E-state index contributed by atoms with van der Waals surface area (Å²) in [4.78, 5) is 18.8. The molecule has 1 aliphatic carbocycles. The molecule has 2 aromatic rings. The molecule has 2 heterocycles. The Kier molecular flexibility index (Phi) is 4.10. The maximum atomic E-state index is 12.6. The summed E-state index contributed by atoms with van der Waals surface area (Å²) in [6, 6.07) is 8.69. The Labute approximate surface area is 145 Å². The van der Waals surface area contributed by atoms with Gasteiger partial charge in [0.15, 0.2) is 12.4 Å². The molecule has 1 aromatic heterocycles. The zero-order chi connectivity index (χ0) is 17.2. The van der Waals surface area contributed by atoms with Crippen LogP contribution in [0.1, 0.15) is 54.9 Å². The number of carbonyl (C=O) groups is 1. The van der Waals surface area contributed by atoms with E-state index in [2.05, 4.69) is 16.2 Å². The van der Waals surface area contributed by atoms with Crippen LogP contribution in [-0.4, -0.2) is 34.1 Å². The highest BCUT2D eigenvalue weighted by Crippen LogP contribution is 2.40. The first-order chi connectivity index (χ1) is 12.2. The van der Waals surface area contributed by atoms with E-state index in [9.17, 15) is 4.79 Å². The van der Waals surface area contributed by atoms with Crippen LogP contribution in [0, 0.1) is 11.3 Å². The lowest BCUT2D eigenvalue weighted by atomic mass is 10.2. The van der Waals surface area contributed by atoms with Gasteiger partial charge in [0, 0.05) is 12.5 Å². The minimum absolute atomic E-state index is 0.0707. The van der Waals surface area contributed by atoms with Crippen molar-refractivity contribution in [1.82, 2.24) is 15.0 Å². The lowest BCUT2D eigenvalue weighted by Crippen LogP contribution is -2.34. The third kappa shape index (κ3) is 3.33. The van der Waals surface area contributed by atoms with Crippen LogP contribution in [0.15, 0.2) is 28.8 Å². The van der Waals surface area contributed by atoms with Crippen LogP contribution in [-0.2, 0) is 4.79 Å². The smallest absolute Gasteiger partial charge is 0.261 e. The number of amides is 1. The van der Waals surface area contributed by atoms with Gasteiger partial charge in [0.05, 0.1) is 17.7 Å². The lowest BCUT2D eigenvalue weighted by Gasteiger charge is -2.22. The topological polar surface area (TPSA) is 92.2 Å². The van der Waals surface area contributed by atoms with Gasteiger partial charge in [-0.2, -0.15) is 10.2 Å². The van der Waals surface area contributed by atoms with Crippen molar-refractivity contribution in [1.29, 1.82) is 5.26 Å². The number of hydrogen-bond acceptors (Lipinski definition) is 6. The van der Waals surface area contributed by atoms with Crippen molar-refractivity contribution in [3.63, 3.8) is 0 Å². The average molecular weight is 338 g/mol. The van der Waals surface area contributed by atoms with Gasteiger partial charge in [0.25, 0.3) is 5.91 Å². The second kappa shape index (κ2) is 6.55. The molecule has 1 saturated carbocycles. The molecular formula is C18H18N4O3. The second-order valence-electron chi connectivity index (χ2n) is 6.44. The van der Waals surface area contributed by atoms with E-state index in [-0.39, 0.29) is 18.6 Å². The van der Waals surface area contributed by atoms with E-state index in [4.69, 9.17) is 14.5 Å². The monoisotopic (exact) mass is 338 g/mol. The number of rotatable bonds is 5. The average Bonchev–Trinajstić information content (AvgIpc) is 3.18. The molecule has 2 aliphatic rings. The molecule has 128 valence electrons. The molecule has 7 heteroatoms. The summed E-state index contributed by atoms with van der Waals surface area (Å²) in [5.41, 5.74) is 0.503. The minimum atomic E-state index is -0.141. The summed E-state index contributed by atoms with van der Waals surface area (Å²) in [6.07, 6.45) is 3.95. The predicted octanol–water partition coefficient (Wildman–Crippen LogP) is 2.56. The van der Waals surface area contributed by atoms with Crippen LogP contribution in [0.4, 0.5) is 0 Å². The number of aromatic nitrogens is 2. The predicted molar refractivity (Wildman–Crippen MR) is 86.6 cm³/mol. The summed E-state index contributed by atoms with van der Waals surface area (Å²) in [7, 11) is 0. The molecule has 1 saturated heterocycles. The van der Waals surface area contributed by atoms with Crippen molar-refractivity contribution in [2.75, 3.05) is 13.2 Å². The molecule has 1 atom stereocenters. The van der Waals surface area contributed by atoms with Gasteiger partial charge in [-0.05, 0) is 43.9 Å². The molecule has 2 fully saturated rings. The Morgan fingerprint density at radius 2 is 2.28 bits per heavy atom. The summed E-state index contributed by atoms with van der Waals surface area (Å²) in [5.74, 6) is 2.10. The zero-order valence-electron chi connectivity index (χ0n) is 13.7. The van der Waals surface area contributed by atoms with Gasteiger partial charge in [-0.25, -0.2) is 0 Å². The number of hydrogen-bond donors (Lipinski definition) is 0. The van der Waals surface area contributed by atoms with Crippen LogP contribution in [0.3, 0.4) is 0 Å². The highest BCUT2D eigenvalue weighted by atomic mass is 16.5. The molecule has 0 N–H and O–H groups in total. The van der Waals surface area contributed by atoms with Crippen molar-refractivity contribution in [2.24, 2.45) is 0 Å². The SMILES string of the molecule is N#Cc1cccc(OCC(=O)N2CCC[C@@H]2c2noc(C3CC3)n2)c1. The Bertz CT molecular complexity index is 822. The fraction of sp³-hybridized carbons (Fsp3) is 0.444.